The Balaban J connectivity index is 1.59. The highest BCUT2D eigenvalue weighted by molar-refractivity contribution is 5.30. The van der Waals surface area contributed by atoms with E-state index < -0.39 is 0 Å². The monoisotopic (exact) mass is 286 g/mol. The van der Waals surface area contributed by atoms with Crippen LogP contribution in [0.1, 0.15) is 50.7 Å². The Bertz CT molecular complexity index is 435. The topological polar surface area (TPSA) is 15.3 Å². The van der Waals surface area contributed by atoms with Gasteiger partial charge in [0.1, 0.15) is 0 Å². The van der Waals surface area contributed by atoms with Crippen LogP contribution in [0.4, 0.5) is 0 Å². The normalized spacial score (nSPS) is 21.1. The molecule has 0 radical (unpaired) electrons. The summed E-state index contributed by atoms with van der Waals surface area (Å²) >= 11 is 0. The minimum Gasteiger partial charge on any atom is -0.316 e. The van der Waals surface area contributed by atoms with E-state index in [4.69, 9.17) is 0 Å². The molecular weight excluding hydrogens is 256 g/mol. The van der Waals surface area contributed by atoms with Crippen LogP contribution < -0.4 is 5.32 Å². The van der Waals surface area contributed by atoms with E-state index in [1.165, 1.54) is 38.8 Å². The van der Waals surface area contributed by atoms with Crippen LogP contribution in [0.5, 0.6) is 0 Å². The maximum atomic E-state index is 3.74. The number of hydrogen-bond donors (Lipinski definition) is 1. The van der Waals surface area contributed by atoms with Gasteiger partial charge in [0.2, 0.25) is 0 Å². The van der Waals surface area contributed by atoms with Gasteiger partial charge in [-0.05, 0) is 41.8 Å². The molecule has 1 aliphatic heterocycles. The van der Waals surface area contributed by atoms with Crippen molar-refractivity contribution in [1.29, 1.82) is 0 Å². The first-order valence-electron chi connectivity index (χ1n) is 8.67. The molecule has 0 unspecified atom stereocenters. The lowest BCUT2D eigenvalue weighted by molar-refractivity contribution is 0.147. The van der Waals surface area contributed by atoms with Crippen LogP contribution in [0.25, 0.3) is 0 Å². The van der Waals surface area contributed by atoms with Gasteiger partial charge >= 0.3 is 0 Å². The molecule has 0 atom stereocenters. The molecule has 1 saturated carbocycles. The van der Waals surface area contributed by atoms with Crippen LogP contribution in [-0.4, -0.2) is 24.5 Å². The summed E-state index contributed by atoms with van der Waals surface area (Å²) in [4.78, 5) is 2.67. The van der Waals surface area contributed by atoms with Crippen molar-refractivity contribution in [3.05, 3.63) is 35.4 Å². The number of benzene rings is 1. The highest BCUT2D eigenvalue weighted by atomic mass is 15.2. The Morgan fingerprint density at radius 2 is 1.71 bits per heavy atom. The first kappa shape index (κ1) is 15.1. The summed E-state index contributed by atoms with van der Waals surface area (Å²) in [6.07, 6.45) is 5.66. The third-order valence-electron chi connectivity index (χ3n) is 5.18. The van der Waals surface area contributed by atoms with Crippen molar-refractivity contribution >= 4 is 0 Å². The summed E-state index contributed by atoms with van der Waals surface area (Å²) < 4.78 is 0. The maximum Gasteiger partial charge on any atom is 0.0240 e. The summed E-state index contributed by atoms with van der Waals surface area (Å²) in [7, 11) is 0. The fraction of sp³-hybridized carbons (Fsp3) is 0.684. The van der Waals surface area contributed by atoms with Crippen molar-refractivity contribution in [2.45, 2.75) is 52.6 Å². The van der Waals surface area contributed by atoms with Crippen LogP contribution in [0.15, 0.2) is 24.3 Å². The van der Waals surface area contributed by atoms with Gasteiger partial charge in [0.15, 0.2) is 0 Å². The quantitative estimate of drug-likeness (QED) is 0.855. The molecule has 116 valence electrons. The third kappa shape index (κ3) is 3.67. The fourth-order valence-corrected chi connectivity index (χ4v) is 4.13. The molecule has 1 aromatic rings. The Morgan fingerprint density at radius 1 is 1.10 bits per heavy atom. The highest BCUT2D eigenvalue weighted by Gasteiger charge is 2.36. The van der Waals surface area contributed by atoms with E-state index >= 15 is 0 Å². The minimum atomic E-state index is 0.525. The molecule has 2 heteroatoms. The van der Waals surface area contributed by atoms with E-state index in [0.717, 1.165) is 25.6 Å². The maximum absolute atomic E-state index is 3.74. The molecule has 0 spiro atoms. The zero-order valence-electron chi connectivity index (χ0n) is 13.7. The summed E-state index contributed by atoms with van der Waals surface area (Å²) in [6.45, 7) is 10.5. The standard InChI is InChI=1S/C19H30N2/c1-16(2)11-20-14-19(9-5-6-10-19)15-21-12-17-7-3-4-8-18(17)13-21/h3-4,7-8,16,20H,5-6,9-15H2,1-2H3. The van der Waals surface area contributed by atoms with Crippen LogP contribution >= 0.6 is 0 Å². The molecule has 0 saturated heterocycles. The molecule has 1 aliphatic carbocycles. The number of nitrogens with zero attached hydrogens (tertiary/aromatic N) is 1. The fourth-order valence-electron chi connectivity index (χ4n) is 4.13. The van der Waals surface area contributed by atoms with Crippen molar-refractivity contribution in [2.24, 2.45) is 11.3 Å². The SMILES string of the molecule is CC(C)CNCC1(CN2Cc3ccccc3C2)CCCC1. The van der Waals surface area contributed by atoms with Gasteiger partial charge in [0, 0.05) is 26.2 Å². The van der Waals surface area contributed by atoms with Gasteiger partial charge in [-0.1, -0.05) is 51.0 Å². The van der Waals surface area contributed by atoms with Crippen molar-refractivity contribution in [1.82, 2.24) is 10.2 Å². The molecule has 3 rings (SSSR count). The van der Waals surface area contributed by atoms with Crippen LogP contribution in [-0.2, 0) is 13.1 Å². The minimum absolute atomic E-state index is 0.525. The van der Waals surface area contributed by atoms with E-state index in [2.05, 4.69) is 48.3 Å². The highest BCUT2D eigenvalue weighted by Crippen LogP contribution is 2.40. The van der Waals surface area contributed by atoms with Crippen molar-refractivity contribution in [3.63, 3.8) is 0 Å². The third-order valence-corrected chi connectivity index (χ3v) is 5.18. The predicted molar refractivity (Wildman–Crippen MR) is 89.2 cm³/mol. The van der Waals surface area contributed by atoms with Gasteiger partial charge in [0.05, 0.1) is 0 Å². The first-order chi connectivity index (χ1) is 10.2. The Labute approximate surface area is 129 Å². The second-order valence-corrected chi connectivity index (χ2v) is 7.65. The molecule has 1 N–H and O–H groups in total. The van der Waals surface area contributed by atoms with Gasteiger partial charge in [0.25, 0.3) is 0 Å². The zero-order chi connectivity index (χ0) is 14.7. The van der Waals surface area contributed by atoms with Crippen LogP contribution in [0.2, 0.25) is 0 Å². The summed E-state index contributed by atoms with van der Waals surface area (Å²) in [5.74, 6) is 0.750. The van der Waals surface area contributed by atoms with Crippen LogP contribution in [0, 0.1) is 11.3 Å². The Morgan fingerprint density at radius 3 is 2.29 bits per heavy atom. The number of nitrogens with one attached hydrogen (secondary N) is 1. The van der Waals surface area contributed by atoms with Gasteiger partial charge in [-0.15, -0.1) is 0 Å². The molecule has 1 heterocycles. The lowest BCUT2D eigenvalue weighted by Crippen LogP contribution is -2.41. The second-order valence-electron chi connectivity index (χ2n) is 7.65. The Kier molecular flexibility index (Phi) is 4.66. The molecule has 1 aromatic carbocycles. The molecular formula is C19H30N2. The number of fused-ring (bicyclic) bond motifs is 1. The largest absolute Gasteiger partial charge is 0.316 e. The summed E-state index contributed by atoms with van der Waals surface area (Å²) in [5.41, 5.74) is 3.61. The Hall–Kier alpha value is -0.860. The van der Waals surface area contributed by atoms with Gasteiger partial charge in [-0.25, -0.2) is 0 Å². The molecule has 21 heavy (non-hydrogen) atoms. The lowest BCUT2D eigenvalue weighted by Gasteiger charge is -2.34. The summed E-state index contributed by atoms with van der Waals surface area (Å²) in [6, 6.07) is 8.96. The van der Waals surface area contributed by atoms with E-state index in [0.29, 0.717) is 5.41 Å². The first-order valence-corrected chi connectivity index (χ1v) is 8.67. The van der Waals surface area contributed by atoms with Gasteiger partial charge < -0.3 is 5.32 Å². The van der Waals surface area contributed by atoms with E-state index in [9.17, 15) is 0 Å². The van der Waals surface area contributed by atoms with E-state index in [1.807, 2.05) is 0 Å². The average Bonchev–Trinajstić information content (AvgIpc) is 3.05. The molecule has 1 fully saturated rings. The van der Waals surface area contributed by atoms with E-state index in [-0.39, 0.29) is 0 Å². The lowest BCUT2D eigenvalue weighted by atomic mass is 9.85. The van der Waals surface area contributed by atoms with Crippen molar-refractivity contribution in [3.8, 4) is 0 Å². The van der Waals surface area contributed by atoms with Crippen molar-refractivity contribution < 1.29 is 0 Å². The van der Waals surface area contributed by atoms with E-state index in [1.54, 1.807) is 11.1 Å². The zero-order valence-corrected chi connectivity index (χ0v) is 13.7. The second kappa shape index (κ2) is 6.50. The molecule has 0 amide bonds. The molecule has 2 aliphatic rings. The molecule has 2 nitrogen and oxygen atoms in total. The number of rotatable bonds is 6. The van der Waals surface area contributed by atoms with Crippen molar-refractivity contribution in [2.75, 3.05) is 19.6 Å². The van der Waals surface area contributed by atoms with Crippen LogP contribution in [0.3, 0.4) is 0 Å². The molecule has 0 aromatic heterocycles. The molecule has 0 bridgehead atoms. The number of hydrogen-bond acceptors (Lipinski definition) is 2. The smallest absolute Gasteiger partial charge is 0.0240 e. The summed E-state index contributed by atoms with van der Waals surface area (Å²) in [5, 5.41) is 3.74. The van der Waals surface area contributed by atoms with Gasteiger partial charge in [-0.2, -0.15) is 0 Å². The predicted octanol–water partition coefficient (Wildman–Crippen LogP) is 3.81. The average molecular weight is 286 g/mol. The van der Waals surface area contributed by atoms with Gasteiger partial charge in [-0.3, -0.25) is 4.90 Å².